The standard InChI is InChI=1S/C21H25N3O3/c1-15-19(22-16(2)24(15)17-9-5-3-6-10-17)18(25)13-23-14-21(27-20(23)26)11-7-4-8-12-21/h3,5-6,9-10H,4,7-8,11-14H2,1-2H3. The highest BCUT2D eigenvalue weighted by Gasteiger charge is 2.46. The van der Waals surface area contributed by atoms with Crippen molar-refractivity contribution in [3.05, 3.63) is 47.5 Å². The maximum absolute atomic E-state index is 12.9. The summed E-state index contributed by atoms with van der Waals surface area (Å²) in [6.07, 6.45) is 4.76. The molecule has 142 valence electrons. The van der Waals surface area contributed by atoms with Crippen molar-refractivity contribution in [2.45, 2.75) is 51.6 Å². The van der Waals surface area contributed by atoms with Gasteiger partial charge in [0, 0.05) is 5.69 Å². The molecule has 1 saturated carbocycles. The van der Waals surface area contributed by atoms with Gasteiger partial charge in [-0.15, -0.1) is 0 Å². The minimum atomic E-state index is -0.385. The van der Waals surface area contributed by atoms with E-state index in [0.29, 0.717) is 12.2 Å². The van der Waals surface area contributed by atoms with Crippen molar-refractivity contribution >= 4 is 11.9 Å². The molecule has 1 aliphatic carbocycles. The van der Waals surface area contributed by atoms with E-state index in [1.54, 1.807) is 4.90 Å². The van der Waals surface area contributed by atoms with Gasteiger partial charge in [0.2, 0.25) is 5.78 Å². The van der Waals surface area contributed by atoms with Gasteiger partial charge in [-0.25, -0.2) is 9.78 Å². The number of aromatic nitrogens is 2. The van der Waals surface area contributed by atoms with Gasteiger partial charge in [-0.05, 0) is 51.7 Å². The summed E-state index contributed by atoms with van der Waals surface area (Å²) in [4.78, 5) is 31.3. The summed E-state index contributed by atoms with van der Waals surface area (Å²) < 4.78 is 7.65. The minimum absolute atomic E-state index is 0.0205. The molecule has 2 fully saturated rings. The Kier molecular flexibility index (Phi) is 4.50. The number of carbonyl (C=O) groups is 2. The molecule has 2 aromatic rings. The lowest BCUT2D eigenvalue weighted by atomic mass is 9.85. The smallest absolute Gasteiger partial charge is 0.410 e. The number of ether oxygens (including phenoxy) is 1. The van der Waals surface area contributed by atoms with Gasteiger partial charge in [-0.2, -0.15) is 0 Å². The van der Waals surface area contributed by atoms with Crippen LogP contribution in [-0.2, 0) is 4.74 Å². The van der Waals surface area contributed by atoms with E-state index in [4.69, 9.17) is 4.74 Å². The largest absolute Gasteiger partial charge is 0.441 e. The lowest BCUT2D eigenvalue weighted by molar-refractivity contribution is 0.0260. The summed E-state index contributed by atoms with van der Waals surface area (Å²) in [5.74, 6) is 0.616. The number of rotatable bonds is 4. The van der Waals surface area contributed by atoms with Crippen LogP contribution < -0.4 is 0 Å². The highest BCUT2D eigenvalue weighted by atomic mass is 16.6. The molecule has 1 saturated heterocycles. The van der Waals surface area contributed by atoms with Gasteiger partial charge in [0.25, 0.3) is 0 Å². The lowest BCUT2D eigenvalue weighted by Crippen LogP contribution is -2.38. The van der Waals surface area contributed by atoms with Crippen LogP contribution in [0.1, 0.15) is 54.1 Å². The highest BCUT2D eigenvalue weighted by Crippen LogP contribution is 2.37. The van der Waals surface area contributed by atoms with Gasteiger partial charge in [0.15, 0.2) is 0 Å². The first-order chi connectivity index (χ1) is 13.0. The molecule has 0 atom stereocenters. The number of aryl methyl sites for hydroxylation is 1. The Morgan fingerprint density at radius 3 is 2.56 bits per heavy atom. The molecule has 1 aromatic carbocycles. The minimum Gasteiger partial charge on any atom is -0.441 e. The third-order valence-electron chi connectivity index (χ3n) is 5.69. The molecule has 6 heteroatoms. The van der Waals surface area contributed by atoms with Crippen LogP contribution in [0.5, 0.6) is 0 Å². The molecular weight excluding hydrogens is 342 g/mol. The van der Waals surface area contributed by atoms with Crippen LogP contribution in [0.15, 0.2) is 30.3 Å². The highest BCUT2D eigenvalue weighted by molar-refractivity contribution is 5.98. The number of carbonyl (C=O) groups excluding carboxylic acids is 2. The Balaban J connectivity index is 1.53. The van der Waals surface area contributed by atoms with Gasteiger partial charge in [0.1, 0.15) is 17.1 Å². The summed E-state index contributed by atoms with van der Waals surface area (Å²) in [7, 11) is 0. The zero-order chi connectivity index (χ0) is 19.0. The normalized spacial score (nSPS) is 18.7. The second-order valence-corrected chi connectivity index (χ2v) is 7.65. The first-order valence-electron chi connectivity index (χ1n) is 9.62. The number of nitrogens with zero attached hydrogens (tertiary/aromatic N) is 3. The van der Waals surface area contributed by atoms with Crippen LogP contribution >= 0.6 is 0 Å². The molecular formula is C21H25N3O3. The third kappa shape index (κ3) is 3.24. The molecule has 6 nitrogen and oxygen atoms in total. The summed E-state index contributed by atoms with van der Waals surface area (Å²) >= 11 is 0. The van der Waals surface area contributed by atoms with Crippen molar-refractivity contribution in [1.82, 2.24) is 14.5 Å². The second-order valence-electron chi connectivity index (χ2n) is 7.65. The molecule has 27 heavy (non-hydrogen) atoms. The van der Waals surface area contributed by atoms with Crippen molar-refractivity contribution in [3.63, 3.8) is 0 Å². The predicted octanol–water partition coefficient (Wildman–Crippen LogP) is 3.83. The third-order valence-corrected chi connectivity index (χ3v) is 5.69. The summed E-state index contributed by atoms with van der Waals surface area (Å²) in [5, 5.41) is 0. The van der Waals surface area contributed by atoms with Crippen LogP contribution in [-0.4, -0.2) is 45.0 Å². The Labute approximate surface area is 159 Å². The predicted molar refractivity (Wildman–Crippen MR) is 101 cm³/mol. The van der Waals surface area contributed by atoms with Gasteiger partial charge < -0.3 is 9.30 Å². The number of ketones is 1. The molecule has 0 radical (unpaired) electrons. The van der Waals surface area contributed by atoms with E-state index in [1.165, 1.54) is 6.42 Å². The molecule has 1 aliphatic heterocycles. The zero-order valence-corrected chi connectivity index (χ0v) is 15.9. The van der Waals surface area contributed by atoms with Crippen molar-refractivity contribution in [2.75, 3.05) is 13.1 Å². The van der Waals surface area contributed by atoms with Gasteiger partial charge in [-0.1, -0.05) is 24.6 Å². The zero-order valence-electron chi connectivity index (χ0n) is 15.9. The lowest BCUT2D eigenvalue weighted by Gasteiger charge is -2.30. The number of para-hydroxylation sites is 1. The van der Waals surface area contributed by atoms with E-state index in [0.717, 1.165) is 42.9 Å². The summed E-state index contributed by atoms with van der Waals surface area (Å²) in [6.45, 7) is 4.31. The Bertz CT molecular complexity index is 866. The number of hydrogen-bond donors (Lipinski definition) is 0. The second kappa shape index (κ2) is 6.83. The van der Waals surface area contributed by atoms with Gasteiger partial charge >= 0.3 is 6.09 Å². The molecule has 0 bridgehead atoms. The maximum Gasteiger partial charge on any atom is 0.410 e. The number of amides is 1. The monoisotopic (exact) mass is 367 g/mol. The topological polar surface area (TPSA) is 64.4 Å². The SMILES string of the molecule is Cc1nc(C(=O)CN2CC3(CCCCC3)OC2=O)c(C)n1-c1ccccc1. The van der Waals surface area contributed by atoms with Crippen molar-refractivity contribution in [2.24, 2.45) is 0 Å². The van der Waals surface area contributed by atoms with E-state index < -0.39 is 0 Å². The average molecular weight is 367 g/mol. The van der Waals surface area contributed by atoms with Crippen molar-refractivity contribution < 1.29 is 14.3 Å². The van der Waals surface area contributed by atoms with E-state index in [-0.39, 0.29) is 24.0 Å². The Morgan fingerprint density at radius 1 is 1.15 bits per heavy atom. The number of hydrogen-bond acceptors (Lipinski definition) is 4. The van der Waals surface area contributed by atoms with Crippen LogP contribution in [0.25, 0.3) is 5.69 Å². The first-order valence-corrected chi connectivity index (χ1v) is 9.62. The number of imidazole rings is 1. The van der Waals surface area contributed by atoms with Crippen molar-refractivity contribution in [3.8, 4) is 5.69 Å². The summed E-state index contributed by atoms with van der Waals surface area (Å²) in [6, 6.07) is 9.84. The number of Topliss-reactive ketones (excluding diaryl/α,β-unsaturated/α-hetero) is 1. The van der Waals surface area contributed by atoms with E-state index in [2.05, 4.69) is 4.98 Å². The molecule has 4 rings (SSSR count). The molecule has 2 heterocycles. The van der Waals surface area contributed by atoms with Crippen LogP contribution in [0.3, 0.4) is 0 Å². The molecule has 1 amide bonds. The fraction of sp³-hybridized carbons (Fsp3) is 0.476. The molecule has 0 unspecified atom stereocenters. The maximum atomic E-state index is 12.9. The van der Waals surface area contributed by atoms with Crippen molar-refractivity contribution in [1.29, 1.82) is 0 Å². The number of benzene rings is 1. The van der Waals surface area contributed by atoms with Gasteiger partial charge in [-0.3, -0.25) is 9.69 Å². The van der Waals surface area contributed by atoms with Crippen LogP contribution in [0, 0.1) is 13.8 Å². The molecule has 1 aromatic heterocycles. The van der Waals surface area contributed by atoms with E-state index in [9.17, 15) is 9.59 Å². The van der Waals surface area contributed by atoms with Crippen LogP contribution in [0.2, 0.25) is 0 Å². The first kappa shape index (κ1) is 17.8. The molecule has 2 aliphatic rings. The van der Waals surface area contributed by atoms with E-state index in [1.807, 2.05) is 48.7 Å². The average Bonchev–Trinajstić information content (AvgIpc) is 3.12. The molecule has 1 spiro atoms. The van der Waals surface area contributed by atoms with Crippen LogP contribution in [0.4, 0.5) is 4.79 Å². The fourth-order valence-electron chi connectivity index (χ4n) is 4.38. The fourth-order valence-corrected chi connectivity index (χ4v) is 4.38. The van der Waals surface area contributed by atoms with Gasteiger partial charge in [0.05, 0.1) is 18.8 Å². The quantitative estimate of drug-likeness (QED) is 0.771. The summed E-state index contributed by atoms with van der Waals surface area (Å²) in [5.41, 5.74) is 1.81. The molecule has 0 N–H and O–H groups in total. The van der Waals surface area contributed by atoms with E-state index >= 15 is 0 Å². The Morgan fingerprint density at radius 2 is 1.85 bits per heavy atom. The Hall–Kier alpha value is -2.63.